The van der Waals surface area contributed by atoms with Crippen molar-refractivity contribution in [2.75, 3.05) is 6.54 Å². The summed E-state index contributed by atoms with van der Waals surface area (Å²) in [6, 6.07) is 8.07. The number of hydrogen-bond acceptors (Lipinski definition) is 2. The van der Waals surface area contributed by atoms with E-state index in [1.165, 1.54) is 44.2 Å². The van der Waals surface area contributed by atoms with Gasteiger partial charge in [0.05, 0.1) is 22.9 Å². The maximum Gasteiger partial charge on any atom is 0.134 e. The maximum absolute atomic E-state index is 14.6. The summed E-state index contributed by atoms with van der Waals surface area (Å²) >= 11 is 0. The molecular weight excluding hydrogens is 415 g/mol. The van der Waals surface area contributed by atoms with Crippen molar-refractivity contribution in [2.45, 2.75) is 45.1 Å². The van der Waals surface area contributed by atoms with Crippen molar-refractivity contribution in [3.05, 3.63) is 53.9 Å². The lowest BCUT2D eigenvalue weighted by Crippen LogP contribution is -2.19. The van der Waals surface area contributed by atoms with Gasteiger partial charge in [0.2, 0.25) is 0 Å². The summed E-state index contributed by atoms with van der Waals surface area (Å²) < 4.78 is 29.3. The van der Waals surface area contributed by atoms with Crippen molar-refractivity contribution >= 4 is 35.8 Å². The van der Waals surface area contributed by atoms with E-state index in [0.717, 1.165) is 24.4 Å². The first-order valence-electron chi connectivity index (χ1n) is 9.83. The molecule has 0 bridgehead atoms. The number of hydrogen-bond donors (Lipinski definition) is 2. The van der Waals surface area contributed by atoms with Gasteiger partial charge in [-0.25, -0.2) is 13.8 Å². The number of rotatable bonds is 6. The predicted octanol–water partition coefficient (Wildman–Crippen LogP) is 6.41. The van der Waals surface area contributed by atoms with Crippen LogP contribution in [-0.4, -0.2) is 16.5 Å². The fraction of sp³-hybridized carbons (Fsp3) is 0.409. The summed E-state index contributed by atoms with van der Waals surface area (Å²) in [6.07, 6.45) is 9.40. The highest BCUT2D eigenvalue weighted by Crippen LogP contribution is 2.29. The number of nitrogens with one attached hydrogen (secondary N) is 2. The number of aromatic nitrogens is 2. The first kappa shape index (κ1) is 23.6. The van der Waals surface area contributed by atoms with Crippen molar-refractivity contribution in [3.8, 4) is 11.1 Å². The van der Waals surface area contributed by atoms with Crippen LogP contribution < -0.4 is 5.32 Å². The van der Waals surface area contributed by atoms with E-state index in [9.17, 15) is 8.78 Å². The smallest absolute Gasteiger partial charge is 0.134 e. The zero-order valence-corrected chi connectivity index (χ0v) is 17.9. The van der Waals surface area contributed by atoms with Gasteiger partial charge in [-0.15, -0.1) is 24.8 Å². The lowest BCUT2D eigenvalue weighted by Gasteiger charge is -2.21. The van der Waals surface area contributed by atoms with Gasteiger partial charge in [0.25, 0.3) is 0 Å². The van der Waals surface area contributed by atoms with Crippen LogP contribution in [0.25, 0.3) is 22.2 Å². The zero-order valence-electron chi connectivity index (χ0n) is 16.2. The van der Waals surface area contributed by atoms with E-state index in [2.05, 4.69) is 15.3 Å². The van der Waals surface area contributed by atoms with Crippen LogP contribution in [0.15, 0.2) is 36.7 Å². The highest BCUT2D eigenvalue weighted by atomic mass is 35.5. The maximum atomic E-state index is 14.6. The molecule has 1 saturated carbocycles. The number of aromatic amines is 1. The first-order valence-corrected chi connectivity index (χ1v) is 9.83. The second-order valence-electron chi connectivity index (χ2n) is 7.54. The molecule has 0 spiro atoms. The van der Waals surface area contributed by atoms with Crippen LogP contribution in [0.3, 0.4) is 0 Å². The van der Waals surface area contributed by atoms with Crippen LogP contribution in [0.2, 0.25) is 0 Å². The SMILES string of the molecule is Cl.Cl.Fc1cc(CNCCC2CCCCC2)cc(F)c1-c1ccc2[nH]cnc2c1. The van der Waals surface area contributed by atoms with Gasteiger partial charge in [0.15, 0.2) is 0 Å². The lowest BCUT2D eigenvalue weighted by molar-refractivity contribution is 0.334. The topological polar surface area (TPSA) is 40.7 Å². The molecule has 29 heavy (non-hydrogen) atoms. The Bertz CT molecular complexity index is 900. The van der Waals surface area contributed by atoms with Crippen LogP contribution in [-0.2, 0) is 6.54 Å². The third kappa shape index (κ3) is 5.68. The summed E-state index contributed by atoms with van der Waals surface area (Å²) in [5, 5.41) is 3.34. The molecule has 1 fully saturated rings. The van der Waals surface area contributed by atoms with Gasteiger partial charge >= 0.3 is 0 Å². The molecule has 2 aromatic carbocycles. The van der Waals surface area contributed by atoms with Gasteiger partial charge in [0.1, 0.15) is 11.6 Å². The molecule has 1 aromatic heterocycles. The van der Waals surface area contributed by atoms with Crippen LogP contribution in [0.4, 0.5) is 8.78 Å². The molecule has 2 N–H and O–H groups in total. The number of imidazole rings is 1. The summed E-state index contributed by atoms with van der Waals surface area (Å²) in [7, 11) is 0. The molecule has 1 heterocycles. The average Bonchev–Trinajstić information content (AvgIpc) is 3.13. The fourth-order valence-corrected chi connectivity index (χ4v) is 4.11. The molecule has 4 rings (SSSR count). The quantitative estimate of drug-likeness (QED) is 0.433. The molecule has 0 amide bonds. The molecule has 3 aromatic rings. The van der Waals surface area contributed by atoms with E-state index in [-0.39, 0.29) is 30.4 Å². The highest BCUT2D eigenvalue weighted by Gasteiger charge is 2.15. The minimum Gasteiger partial charge on any atom is -0.345 e. The highest BCUT2D eigenvalue weighted by molar-refractivity contribution is 5.85. The summed E-state index contributed by atoms with van der Waals surface area (Å²) in [5.74, 6) is -0.262. The zero-order chi connectivity index (χ0) is 18.6. The summed E-state index contributed by atoms with van der Waals surface area (Å²) in [6.45, 7) is 1.38. The van der Waals surface area contributed by atoms with Crippen molar-refractivity contribution in [2.24, 2.45) is 5.92 Å². The Morgan fingerprint density at radius 3 is 2.45 bits per heavy atom. The Hall–Kier alpha value is -1.69. The number of halogens is 4. The van der Waals surface area contributed by atoms with Crippen LogP contribution in [0.5, 0.6) is 0 Å². The molecule has 0 aliphatic heterocycles. The Balaban J connectivity index is 0.00000150. The van der Waals surface area contributed by atoms with Gasteiger partial charge in [-0.2, -0.15) is 0 Å². The monoisotopic (exact) mass is 441 g/mol. The van der Waals surface area contributed by atoms with E-state index >= 15 is 0 Å². The Labute approximate surface area is 182 Å². The van der Waals surface area contributed by atoms with Crippen molar-refractivity contribution in [1.29, 1.82) is 0 Å². The Morgan fingerprint density at radius 2 is 1.72 bits per heavy atom. The van der Waals surface area contributed by atoms with Crippen molar-refractivity contribution < 1.29 is 8.78 Å². The molecule has 1 aliphatic rings. The molecule has 158 valence electrons. The van der Waals surface area contributed by atoms with Gasteiger partial charge in [-0.3, -0.25) is 0 Å². The third-order valence-corrected chi connectivity index (χ3v) is 5.60. The van der Waals surface area contributed by atoms with E-state index in [4.69, 9.17) is 0 Å². The van der Waals surface area contributed by atoms with Gasteiger partial charge < -0.3 is 10.3 Å². The van der Waals surface area contributed by atoms with Crippen molar-refractivity contribution in [1.82, 2.24) is 15.3 Å². The van der Waals surface area contributed by atoms with Crippen LogP contribution in [0, 0.1) is 17.6 Å². The second kappa shape index (κ2) is 10.9. The molecule has 0 unspecified atom stereocenters. The van der Waals surface area contributed by atoms with Gasteiger partial charge in [0, 0.05) is 6.54 Å². The minimum atomic E-state index is -0.533. The van der Waals surface area contributed by atoms with E-state index in [1.54, 1.807) is 24.5 Å². The molecule has 0 saturated heterocycles. The van der Waals surface area contributed by atoms with Crippen molar-refractivity contribution in [3.63, 3.8) is 0 Å². The third-order valence-electron chi connectivity index (χ3n) is 5.60. The standard InChI is InChI=1S/C22H25F2N3.2ClH/c23-18-10-16(13-25-9-8-15-4-2-1-3-5-15)11-19(24)22(18)17-6-7-20-21(12-17)27-14-26-20;;/h6-7,10-12,14-15,25H,1-5,8-9,13H2,(H,26,27);2*1H. The number of H-pyrrole nitrogens is 1. The number of nitrogens with zero attached hydrogens (tertiary/aromatic N) is 1. The Kier molecular flexibility index (Phi) is 8.87. The van der Waals surface area contributed by atoms with E-state index in [1.807, 2.05) is 0 Å². The molecule has 3 nitrogen and oxygen atoms in total. The normalized spacial score (nSPS) is 14.4. The minimum absolute atomic E-state index is 0. The number of fused-ring (bicyclic) bond motifs is 1. The Morgan fingerprint density at radius 1 is 1.00 bits per heavy atom. The predicted molar refractivity (Wildman–Crippen MR) is 119 cm³/mol. The lowest BCUT2D eigenvalue weighted by atomic mass is 9.87. The summed E-state index contributed by atoms with van der Waals surface area (Å²) in [4.78, 5) is 7.14. The van der Waals surface area contributed by atoms with E-state index < -0.39 is 11.6 Å². The first-order chi connectivity index (χ1) is 13.2. The molecule has 0 radical (unpaired) electrons. The van der Waals surface area contributed by atoms with Gasteiger partial charge in [-0.1, -0.05) is 38.2 Å². The van der Waals surface area contributed by atoms with Crippen LogP contribution >= 0.6 is 24.8 Å². The average molecular weight is 442 g/mol. The molecule has 1 aliphatic carbocycles. The molecule has 7 heteroatoms. The van der Waals surface area contributed by atoms with Gasteiger partial charge in [-0.05, 0) is 54.3 Å². The van der Waals surface area contributed by atoms with Crippen LogP contribution in [0.1, 0.15) is 44.1 Å². The summed E-state index contributed by atoms with van der Waals surface area (Å²) in [5.41, 5.74) is 2.68. The van der Waals surface area contributed by atoms with E-state index in [0.29, 0.717) is 23.2 Å². The molecular formula is C22H27Cl2F2N3. The molecule has 0 atom stereocenters. The fourth-order valence-electron chi connectivity index (χ4n) is 4.11. The largest absolute Gasteiger partial charge is 0.345 e. The second-order valence-corrected chi connectivity index (χ2v) is 7.54. The number of benzene rings is 2.